The van der Waals surface area contributed by atoms with Crippen molar-refractivity contribution in [3.63, 3.8) is 0 Å². The SMILES string of the molecule is CC1(C)c2ccc(COCCO)cc2Nc2ccc(CN3CCNCC3)cc21. The van der Waals surface area contributed by atoms with Crippen molar-refractivity contribution in [2.24, 2.45) is 0 Å². The Morgan fingerprint density at radius 1 is 1.00 bits per heavy atom. The highest BCUT2D eigenvalue weighted by molar-refractivity contribution is 5.76. The molecule has 0 bridgehead atoms. The maximum atomic E-state index is 8.90. The molecule has 0 radical (unpaired) electrons. The summed E-state index contributed by atoms with van der Waals surface area (Å²) in [4.78, 5) is 2.52. The van der Waals surface area contributed by atoms with E-state index in [2.05, 4.69) is 65.8 Å². The lowest BCUT2D eigenvalue weighted by Crippen LogP contribution is -2.42. The van der Waals surface area contributed by atoms with Gasteiger partial charge in [-0.1, -0.05) is 38.1 Å². The molecule has 28 heavy (non-hydrogen) atoms. The number of aliphatic hydroxyl groups is 1. The van der Waals surface area contributed by atoms with E-state index in [1.807, 2.05) is 0 Å². The first-order valence-electron chi connectivity index (χ1n) is 10.2. The number of hydrogen-bond donors (Lipinski definition) is 3. The number of aliphatic hydroxyl groups excluding tert-OH is 1. The van der Waals surface area contributed by atoms with Crippen molar-refractivity contribution in [3.8, 4) is 0 Å². The van der Waals surface area contributed by atoms with Gasteiger partial charge >= 0.3 is 0 Å². The molecule has 1 fully saturated rings. The van der Waals surface area contributed by atoms with E-state index in [1.54, 1.807) is 0 Å². The third-order valence-electron chi connectivity index (χ3n) is 5.90. The van der Waals surface area contributed by atoms with Gasteiger partial charge in [-0.25, -0.2) is 0 Å². The lowest BCUT2D eigenvalue weighted by Gasteiger charge is -2.36. The van der Waals surface area contributed by atoms with Crippen LogP contribution in [0, 0.1) is 0 Å². The molecular formula is C23H31N3O2. The second kappa shape index (κ2) is 8.21. The van der Waals surface area contributed by atoms with Gasteiger partial charge in [-0.05, 0) is 34.4 Å². The summed E-state index contributed by atoms with van der Waals surface area (Å²) in [6.45, 7) is 11.0. The predicted octanol–water partition coefficient (Wildman–Crippen LogP) is 2.98. The third-order valence-corrected chi connectivity index (χ3v) is 5.90. The molecule has 2 aromatic rings. The van der Waals surface area contributed by atoms with Crippen LogP contribution in [0.1, 0.15) is 36.1 Å². The van der Waals surface area contributed by atoms with E-state index in [0.29, 0.717) is 13.2 Å². The van der Waals surface area contributed by atoms with Crippen molar-refractivity contribution in [2.45, 2.75) is 32.4 Å². The van der Waals surface area contributed by atoms with Gasteiger partial charge in [0, 0.05) is 49.5 Å². The van der Waals surface area contributed by atoms with Gasteiger partial charge in [0.25, 0.3) is 0 Å². The smallest absolute Gasteiger partial charge is 0.0718 e. The molecule has 4 rings (SSSR count). The number of hydrogen-bond acceptors (Lipinski definition) is 5. The summed E-state index contributed by atoms with van der Waals surface area (Å²) in [5.41, 5.74) is 7.46. The van der Waals surface area contributed by atoms with E-state index < -0.39 is 0 Å². The number of rotatable bonds is 6. The van der Waals surface area contributed by atoms with Crippen LogP contribution < -0.4 is 10.6 Å². The van der Waals surface area contributed by atoms with Gasteiger partial charge in [0.1, 0.15) is 0 Å². The van der Waals surface area contributed by atoms with Gasteiger partial charge < -0.3 is 20.5 Å². The van der Waals surface area contributed by atoms with Crippen LogP contribution in [0.3, 0.4) is 0 Å². The fourth-order valence-corrected chi connectivity index (χ4v) is 4.32. The van der Waals surface area contributed by atoms with Gasteiger partial charge in [-0.3, -0.25) is 4.90 Å². The van der Waals surface area contributed by atoms with Gasteiger partial charge in [-0.2, -0.15) is 0 Å². The molecule has 2 aliphatic rings. The Morgan fingerprint density at radius 3 is 2.57 bits per heavy atom. The molecule has 2 aromatic carbocycles. The Balaban J connectivity index is 1.57. The number of nitrogens with one attached hydrogen (secondary N) is 2. The van der Waals surface area contributed by atoms with E-state index in [4.69, 9.17) is 9.84 Å². The quantitative estimate of drug-likeness (QED) is 0.672. The molecule has 5 nitrogen and oxygen atoms in total. The summed E-state index contributed by atoms with van der Waals surface area (Å²) in [6.07, 6.45) is 0. The fourth-order valence-electron chi connectivity index (χ4n) is 4.32. The van der Waals surface area contributed by atoms with Crippen molar-refractivity contribution >= 4 is 11.4 Å². The molecule has 0 amide bonds. The van der Waals surface area contributed by atoms with Crippen LogP contribution in [0.2, 0.25) is 0 Å². The first-order chi connectivity index (χ1) is 13.6. The standard InChI is InChI=1S/C23H31N3O2/c1-23(2)19-5-3-18(16-28-12-11-27)14-22(19)25-21-6-4-17(13-20(21)23)15-26-9-7-24-8-10-26/h3-6,13-14,24-25,27H,7-12,15-16H2,1-2H3. The van der Waals surface area contributed by atoms with Crippen LogP contribution in [0.5, 0.6) is 0 Å². The zero-order valence-electron chi connectivity index (χ0n) is 16.9. The summed E-state index contributed by atoms with van der Waals surface area (Å²) < 4.78 is 5.48. The molecule has 0 aliphatic carbocycles. The number of nitrogens with zero attached hydrogens (tertiary/aromatic N) is 1. The van der Waals surface area contributed by atoms with Crippen LogP contribution in [0.25, 0.3) is 0 Å². The zero-order chi connectivity index (χ0) is 19.6. The fraction of sp³-hybridized carbons (Fsp3) is 0.478. The minimum Gasteiger partial charge on any atom is -0.394 e. The Morgan fingerprint density at radius 2 is 1.79 bits per heavy atom. The Kier molecular flexibility index (Phi) is 5.69. The Hall–Kier alpha value is -1.92. The van der Waals surface area contributed by atoms with Crippen molar-refractivity contribution in [3.05, 3.63) is 58.7 Å². The first-order valence-corrected chi connectivity index (χ1v) is 10.2. The molecule has 2 aliphatic heterocycles. The number of anilines is 2. The summed E-state index contributed by atoms with van der Waals surface area (Å²) in [5.74, 6) is 0. The van der Waals surface area contributed by atoms with E-state index in [9.17, 15) is 0 Å². The van der Waals surface area contributed by atoms with Crippen LogP contribution in [0.4, 0.5) is 11.4 Å². The van der Waals surface area contributed by atoms with E-state index in [1.165, 1.54) is 22.4 Å². The Labute approximate surface area is 167 Å². The predicted molar refractivity (Wildman–Crippen MR) is 113 cm³/mol. The van der Waals surface area contributed by atoms with Gasteiger partial charge in [0.15, 0.2) is 0 Å². The molecule has 0 unspecified atom stereocenters. The van der Waals surface area contributed by atoms with Crippen molar-refractivity contribution < 1.29 is 9.84 Å². The monoisotopic (exact) mass is 381 g/mol. The molecule has 0 spiro atoms. The lowest BCUT2D eigenvalue weighted by atomic mass is 9.73. The zero-order valence-corrected chi connectivity index (χ0v) is 16.9. The van der Waals surface area contributed by atoms with Gasteiger partial charge in [0.2, 0.25) is 0 Å². The molecule has 150 valence electrons. The van der Waals surface area contributed by atoms with Gasteiger partial charge in [-0.15, -0.1) is 0 Å². The van der Waals surface area contributed by atoms with E-state index in [0.717, 1.165) is 44.0 Å². The molecule has 1 saturated heterocycles. The number of fused-ring (bicyclic) bond motifs is 2. The lowest BCUT2D eigenvalue weighted by molar-refractivity contribution is 0.0816. The minimum atomic E-state index is -0.0557. The molecule has 5 heteroatoms. The molecule has 3 N–H and O–H groups in total. The third kappa shape index (κ3) is 3.94. The number of benzene rings is 2. The minimum absolute atomic E-state index is 0.0554. The maximum absolute atomic E-state index is 8.90. The molecule has 2 heterocycles. The van der Waals surface area contributed by atoms with Crippen LogP contribution >= 0.6 is 0 Å². The Bertz CT molecular complexity index is 829. The largest absolute Gasteiger partial charge is 0.394 e. The maximum Gasteiger partial charge on any atom is 0.0718 e. The summed E-state index contributed by atoms with van der Waals surface area (Å²) in [5, 5.41) is 15.9. The molecule has 0 aromatic heterocycles. The first kappa shape index (κ1) is 19.4. The summed E-state index contributed by atoms with van der Waals surface area (Å²) in [7, 11) is 0. The second-order valence-corrected chi connectivity index (χ2v) is 8.31. The van der Waals surface area contributed by atoms with Crippen molar-refractivity contribution in [1.82, 2.24) is 10.2 Å². The van der Waals surface area contributed by atoms with Crippen LogP contribution in [-0.2, 0) is 23.3 Å². The number of ether oxygens (including phenoxy) is 1. The topological polar surface area (TPSA) is 56.8 Å². The van der Waals surface area contributed by atoms with Crippen molar-refractivity contribution in [1.29, 1.82) is 0 Å². The average molecular weight is 382 g/mol. The number of piperazine rings is 1. The summed E-state index contributed by atoms with van der Waals surface area (Å²) >= 11 is 0. The molecule has 0 saturated carbocycles. The normalized spacial score (nSPS) is 18.2. The molecular weight excluding hydrogens is 350 g/mol. The summed E-state index contributed by atoms with van der Waals surface area (Å²) in [6, 6.07) is 13.4. The highest BCUT2D eigenvalue weighted by atomic mass is 16.5. The van der Waals surface area contributed by atoms with Gasteiger partial charge in [0.05, 0.1) is 19.8 Å². The molecule has 0 atom stereocenters. The second-order valence-electron chi connectivity index (χ2n) is 8.31. The highest BCUT2D eigenvalue weighted by Gasteiger charge is 2.32. The highest BCUT2D eigenvalue weighted by Crippen LogP contribution is 2.45. The van der Waals surface area contributed by atoms with Crippen LogP contribution in [0.15, 0.2) is 36.4 Å². The van der Waals surface area contributed by atoms with E-state index in [-0.39, 0.29) is 12.0 Å². The van der Waals surface area contributed by atoms with Crippen LogP contribution in [-0.4, -0.2) is 49.4 Å². The van der Waals surface area contributed by atoms with E-state index >= 15 is 0 Å². The average Bonchev–Trinajstić information content (AvgIpc) is 2.69. The van der Waals surface area contributed by atoms with Crippen molar-refractivity contribution in [2.75, 3.05) is 44.7 Å².